The van der Waals surface area contributed by atoms with E-state index in [1.54, 1.807) is 0 Å². The van der Waals surface area contributed by atoms with Crippen LogP contribution in [0.2, 0.25) is 0 Å². The molecule has 3 atom stereocenters. The first-order chi connectivity index (χ1) is 9.22. The highest BCUT2D eigenvalue weighted by atomic mass is 15.2. The minimum Gasteiger partial charge on any atom is -0.303 e. The average Bonchev–Trinajstić information content (AvgIpc) is 2.63. The average molecular weight is 279 g/mol. The standard InChI is InChI=1S/C17H33N3/c1-14(12-17(5,13-18)19-6)20-10-7-8-15(9-11-20)16(2,3)4/h14-15,19H,7-12H2,1-6H3. The van der Waals surface area contributed by atoms with E-state index in [4.69, 9.17) is 0 Å². The van der Waals surface area contributed by atoms with Gasteiger partial charge in [0.05, 0.1) is 6.07 Å². The smallest absolute Gasteiger partial charge is 0.105 e. The van der Waals surface area contributed by atoms with Crippen molar-refractivity contribution >= 4 is 0 Å². The van der Waals surface area contributed by atoms with Gasteiger partial charge in [0.25, 0.3) is 0 Å². The second-order valence-corrected chi connectivity index (χ2v) is 7.78. The summed E-state index contributed by atoms with van der Waals surface area (Å²) < 4.78 is 0. The van der Waals surface area contributed by atoms with Gasteiger partial charge >= 0.3 is 0 Å². The highest BCUT2D eigenvalue weighted by Crippen LogP contribution is 2.34. The lowest BCUT2D eigenvalue weighted by atomic mass is 9.77. The molecule has 0 radical (unpaired) electrons. The first-order valence-corrected chi connectivity index (χ1v) is 8.06. The third-order valence-corrected chi connectivity index (χ3v) is 5.11. The van der Waals surface area contributed by atoms with Crippen molar-refractivity contribution in [2.24, 2.45) is 11.3 Å². The van der Waals surface area contributed by atoms with Crippen LogP contribution in [0.25, 0.3) is 0 Å². The second kappa shape index (κ2) is 6.91. The summed E-state index contributed by atoms with van der Waals surface area (Å²) in [5.74, 6) is 0.825. The third-order valence-electron chi connectivity index (χ3n) is 5.11. The van der Waals surface area contributed by atoms with Crippen LogP contribution in [0.15, 0.2) is 0 Å². The summed E-state index contributed by atoms with van der Waals surface area (Å²) in [6, 6.07) is 2.87. The van der Waals surface area contributed by atoms with Crippen LogP contribution in [-0.4, -0.2) is 36.6 Å². The van der Waals surface area contributed by atoms with E-state index in [1.807, 2.05) is 14.0 Å². The lowest BCUT2D eigenvalue weighted by molar-refractivity contribution is 0.170. The molecule has 0 aromatic heterocycles. The van der Waals surface area contributed by atoms with Crippen LogP contribution in [0.4, 0.5) is 0 Å². The number of nitrogens with one attached hydrogen (secondary N) is 1. The van der Waals surface area contributed by atoms with Crippen LogP contribution in [0.1, 0.15) is 60.3 Å². The van der Waals surface area contributed by atoms with Gasteiger partial charge in [0.1, 0.15) is 5.54 Å². The van der Waals surface area contributed by atoms with Gasteiger partial charge in [-0.1, -0.05) is 20.8 Å². The van der Waals surface area contributed by atoms with Gasteiger partial charge in [-0.3, -0.25) is 0 Å². The second-order valence-electron chi connectivity index (χ2n) is 7.78. The van der Waals surface area contributed by atoms with Crippen molar-refractivity contribution in [3.8, 4) is 6.07 Å². The van der Waals surface area contributed by atoms with Gasteiger partial charge in [-0.05, 0) is 71.0 Å². The maximum Gasteiger partial charge on any atom is 0.105 e. The fraction of sp³-hybridized carbons (Fsp3) is 0.941. The molecule has 0 aliphatic carbocycles. The van der Waals surface area contributed by atoms with Gasteiger partial charge in [0.2, 0.25) is 0 Å². The Bertz CT molecular complexity index is 339. The van der Waals surface area contributed by atoms with E-state index in [0.717, 1.165) is 12.3 Å². The van der Waals surface area contributed by atoms with Crippen molar-refractivity contribution in [2.75, 3.05) is 20.1 Å². The molecule has 3 unspecified atom stereocenters. The van der Waals surface area contributed by atoms with Crippen LogP contribution in [0.5, 0.6) is 0 Å². The molecule has 0 bridgehead atoms. The topological polar surface area (TPSA) is 39.1 Å². The molecule has 0 aromatic rings. The summed E-state index contributed by atoms with van der Waals surface area (Å²) in [7, 11) is 1.88. The molecule has 0 aromatic carbocycles. The molecule has 3 heteroatoms. The quantitative estimate of drug-likeness (QED) is 0.857. The fourth-order valence-corrected chi connectivity index (χ4v) is 3.35. The molecule has 116 valence electrons. The maximum absolute atomic E-state index is 9.31. The Morgan fingerprint density at radius 3 is 2.40 bits per heavy atom. The number of nitriles is 1. The Labute approximate surface area is 125 Å². The molecule has 1 heterocycles. The SMILES string of the molecule is CNC(C)(C#N)CC(C)N1CCCC(C(C)(C)C)CC1. The highest BCUT2D eigenvalue weighted by Gasteiger charge is 2.31. The maximum atomic E-state index is 9.31. The zero-order chi connectivity index (χ0) is 15.4. The van der Waals surface area contributed by atoms with Crippen LogP contribution in [0.3, 0.4) is 0 Å². The van der Waals surface area contributed by atoms with Gasteiger partial charge < -0.3 is 10.2 Å². The molecule has 1 rings (SSSR count). The van der Waals surface area contributed by atoms with Crippen molar-refractivity contribution in [3.63, 3.8) is 0 Å². The van der Waals surface area contributed by atoms with Crippen molar-refractivity contribution in [3.05, 3.63) is 0 Å². The molecule has 0 spiro atoms. The monoisotopic (exact) mass is 279 g/mol. The van der Waals surface area contributed by atoms with E-state index < -0.39 is 5.54 Å². The van der Waals surface area contributed by atoms with Crippen molar-refractivity contribution < 1.29 is 0 Å². The first kappa shape index (κ1) is 17.5. The van der Waals surface area contributed by atoms with Crippen molar-refractivity contribution in [1.29, 1.82) is 5.26 Å². The molecule has 1 N–H and O–H groups in total. The Morgan fingerprint density at radius 2 is 1.90 bits per heavy atom. The van der Waals surface area contributed by atoms with E-state index in [1.165, 1.54) is 32.4 Å². The predicted octanol–water partition coefficient (Wildman–Crippen LogP) is 3.41. The molecule has 0 amide bonds. The number of nitrogens with zero attached hydrogens (tertiary/aromatic N) is 2. The Balaban J connectivity index is 2.59. The van der Waals surface area contributed by atoms with E-state index in [9.17, 15) is 5.26 Å². The van der Waals surface area contributed by atoms with Crippen LogP contribution < -0.4 is 5.32 Å². The molecule has 20 heavy (non-hydrogen) atoms. The number of hydrogen-bond donors (Lipinski definition) is 1. The molecule has 1 saturated heterocycles. The van der Waals surface area contributed by atoms with Crippen molar-refractivity contribution in [1.82, 2.24) is 10.2 Å². The Morgan fingerprint density at radius 1 is 1.25 bits per heavy atom. The van der Waals surface area contributed by atoms with E-state index >= 15 is 0 Å². The molecule has 1 aliphatic heterocycles. The van der Waals surface area contributed by atoms with Gasteiger partial charge in [-0.25, -0.2) is 0 Å². The van der Waals surface area contributed by atoms with Gasteiger partial charge in [0.15, 0.2) is 0 Å². The predicted molar refractivity (Wildman–Crippen MR) is 85.5 cm³/mol. The Hall–Kier alpha value is -0.590. The summed E-state index contributed by atoms with van der Waals surface area (Å²) in [6.45, 7) is 13.7. The van der Waals surface area contributed by atoms with Gasteiger partial charge in [-0.15, -0.1) is 0 Å². The molecular weight excluding hydrogens is 246 g/mol. The summed E-state index contributed by atoms with van der Waals surface area (Å²) in [6.07, 6.45) is 4.81. The molecule has 0 saturated carbocycles. The molecular formula is C17H33N3. The van der Waals surface area contributed by atoms with E-state index in [-0.39, 0.29) is 0 Å². The van der Waals surface area contributed by atoms with Gasteiger partial charge in [0, 0.05) is 6.04 Å². The van der Waals surface area contributed by atoms with Crippen LogP contribution in [0, 0.1) is 22.7 Å². The lowest BCUT2D eigenvalue weighted by Gasteiger charge is -2.33. The summed E-state index contributed by atoms with van der Waals surface area (Å²) in [5, 5.41) is 12.5. The summed E-state index contributed by atoms with van der Waals surface area (Å²) in [5.41, 5.74) is 0.0144. The highest BCUT2D eigenvalue weighted by molar-refractivity contribution is 5.04. The van der Waals surface area contributed by atoms with Crippen molar-refractivity contribution in [2.45, 2.75) is 71.9 Å². The fourth-order valence-electron chi connectivity index (χ4n) is 3.35. The first-order valence-electron chi connectivity index (χ1n) is 8.06. The van der Waals surface area contributed by atoms with E-state index in [2.05, 4.69) is 44.0 Å². The largest absolute Gasteiger partial charge is 0.303 e. The van der Waals surface area contributed by atoms with Gasteiger partial charge in [-0.2, -0.15) is 5.26 Å². The third kappa shape index (κ3) is 4.75. The van der Waals surface area contributed by atoms with Crippen LogP contribution in [-0.2, 0) is 0 Å². The zero-order valence-electron chi connectivity index (χ0n) is 14.3. The normalized spacial score (nSPS) is 26.4. The van der Waals surface area contributed by atoms with Crippen LogP contribution >= 0.6 is 0 Å². The van der Waals surface area contributed by atoms with E-state index in [0.29, 0.717) is 11.5 Å². The molecule has 1 fully saturated rings. The summed E-state index contributed by atoms with van der Waals surface area (Å²) >= 11 is 0. The molecule has 1 aliphatic rings. The summed E-state index contributed by atoms with van der Waals surface area (Å²) in [4.78, 5) is 2.58. The minimum atomic E-state index is -0.408. The number of likely N-dealkylation sites (tertiary alicyclic amines) is 1. The number of hydrogen-bond acceptors (Lipinski definition) is 3. The molecule has 3 nitrogen and oxygen atoms in total. The Kier molecular flexibility index (Phi) is 6.04. The lowest BCUT2D eigenvalue weighted by Crippen LogP contribution is -2.46. The number of rotatable bonds is 4. The minimum absolute atomic E-state index is 0.408. The zero-order valence-corrected chi connectivity index (χ0v) is 14.3.